The Kier molecular flexibility index (Phi) is 4.07. The number of fused-ring (bicyclic) bond motifs is 1. The van der Waals surface area contributed by atoms with Crippen LogP contribution in [0.25, 0.3) is 5.65 Å². The molecule has 2 heterocycles. The smallest absolute Gasteiger partial charge is 0.275 e. The van der Waals surface area contributed by atoms with Gasteiger partial charge in [0.05, 0.1) is 6.20 Å². The van der Waals surface area contributed by atoms with Crippen molar-refractivity contribution in [2.24, 2.45) is 0 Å². The fourth-order valence-corrected chi connectivity index (χ4v) is 2.50. The topological polar surface area (TPSA) is 68.5 Å². The molecule has 6 heteroatoms. The maximum absolute atomic E-state index is 12.4. The predicted molar refractivity (Wildman–Crippen MR) is 98.6 cm³/mol. The predicted octanol–water partition coefficient (Wildman–Crippen LogP) is 4.08. The summed E-state index contributed by atoms with van der Waals surface area (Å²) >= 11 is 0. The van der Waals surface area contributed by atoms with Crippen LogP contribution in [0, 0.1) is 6.92 Å². The van der Waals surface area contributed by atoms with Crippen LogP contribution in [0.15, 0.2) is 73.3 Å². The number of rotatable bonds is 4. The SMILES string of the molecule is Cc1ccc(Oc2ccc(NC(=O)c3cn4ccncc4n3)cc2)cc1. The van der Waals surface area contributed by atoms with Gasteiger partial charge in [0.2, 0.25) is 0 Å². The number of carbonyl (C=O) groups is 1. The van der Waals surface area contributed by atoms with Crippen LogP contribution in [0.4, 0.5) is 5.69 Å². The van der Waals surface area contributed by atoms with E-state index >= 15 is 0 Å². The number of ether oxygens (including phenoxy) is 1. The van der Waals surface area contributed by atoms with Crippen molar-refractivity contribution < 1.29 is 9.53 Å². The van der Waals surface area contributed by atoms with Crippen LogP contribution in [0.1, 0.15) is 16.1 Å². The molecule has 0 atom stereocenters. The number of nitrogens with one attached hydrogen (secondary N) is 1. The first-order chi connectivity index (χ1) is 12.7. The molecule has 6 nitrogen and oxygen atoms in total. The minimum absolute atomic E-state index is 0.277. The van der Waals surface area contributed by atoms with Gasteiger partial charge in [-0.2, -0.15) is 0 Å². The number of amides is 1. The van der Waals surface area contributed by atoms with Gasteiger partial charge in [-0.1, -0.05) is 17.7 Å². The molecule has 2 aromatic heterocycles. The van der Waals surface area contributed by atoms with Crippen molar-refractivity contribution in [2.45, 2.75) is 6.92 Å². The number of aryl methyl sites for hydroxylation is 1. The van der Waals surface area contributed by atoms with E-state index in [1.54, 1.807) is 41.3 Å². The number of hydrogen-bond donors (Lipinski definition) is 1. The maximum Gasteiger partial charge on any atom is 0.275 e. The van der Waals surface area contributed by atoms with Crippen LogP contribution in [-0.4, -0.2) is 20.3 Å². The minimum Gasteiger partial charge on any atom is -0.457 e. The second-order valence-electron chi connectivity index (χ2n) is 5.86. The molecule has 0 aliphatic heterocycles. The van der Waals surface area contributed by atoms with Crippen LogP contribution in [0.2, 0.25) is 0 Å². The van der Waals surface area contributed by atoms with Gasteiger partial charge in [-0.05, 0) is 43.3 Å². The molecular weight excluding hydrogens is 328 g/mol. The van der Waals surface area contributed by atoms with Gasteiger partial charge in [-0.3, -0.25) is 9.78 Å². The van der Waals surface area contributed by atoms with Crippen LogP contribution in [0.3, 0.4) is 0 Å². The van der Waals surface area contributed by atoms with Crippen molar-refractivity contribution in [1.29, 1.82) is 0 Å². The Morgan fingerprint density at radius 3 is 2.42 bits per heavy atom. The van der Waals surface area contributed by atoms with Gasteiger partial charge in [0.25, 0.3) is 5.91 Å². The van der Waals surface area contributed by atoms with Crippen LogP contribution >= 0.6 is 0 Å². The molecule has 0 radical (unpaired) electrons. The Balaban J connectivity index is 1.44. The van der Waals surface area contributed by atoms with E-state index in [-0.39, 0.29) is 5.91 Å². The molecule has 0 fully saturated rings. The molecule has 0 saturated heterocycles. The third-order valence-electron chi connectivity index (χ3n) is 3.87. The second kappa shape index (κ2) is 6.68. The first-order valence-corrected chi connectivity index (χ1v) is 8.12. The Bertz CT molecular complexity index is 1020. The van der Waals surface area contributed by atoms with E-state index in [1.807, 2.05) is 43.3 Å². The average molecular weight is 344 g/mol. The molecule has 0 saturated carbocycles. The first-order valence-electron chi connectivity index (χ1n) is 8.12. The van der Waals surface area contributed by atoms with Gasteiger partial charge < -0.3 is 14.5 Å². The van der Waals surface area contributed by atoms with E-state index in [0.717, 1.165) is 5.75 Å². The largest absolute Gasteiger partial charge is 0.457 e. The molecule has 0 bridgehead atoms. The lowest BCUT2D eigenvalue weighted by Crippen LogP contribution is -2.12. The van der Waals surface area contributed by atoms with E-state index in [0.29, 0.717) is 22.8 Å². The lowest BCUT2D eigenvalue weighted by atomic mass is 10.2. The zero-order chi connectivity index (χ0) is 17.9. The minimum atomic E-state index is -0.277. The Hall–Kier alpha value is -3.67. The van der Waals surface area contributed by atoms with E-state index < -0.39 is 0 Å². The summed E-state index contributed by atoms with van der Waals surface area (Å²) in [5.74, 6) is 1.19. The molecule has 2 aromatic carbocycles. The number of nitrogens with zero attached hydrogens (tertiary/aromatic N) is 3. The molecule has 26 heavy (non-hydrogen) atoms. The quantitative estimate of drug-likeness (QED) is 0.606. The van der Waals surface area contributed by atoms with Crippen molar-refractivity contribution in [3.05, 3.63) is 84.6 Å². The summed E-state index contributed by atoms with van der Waals surface area (Å²) in [4.78, 5) is 20.6. The Morgan fingerprint density at radius 1 is 1.04 bits per heavy atom. The molecule has 0 unspecified atom stereocenters. The molecule has 1 amide bonds. The number of anilines is 1. The zero-order valence-corrected chi connectivity index (χ0v) is 14.1. The third-order valence-corrected chi connectivity index (χ3v) is 3.87. The summed E-state index contributed by atoms with van der Waals surface area (Å²) in [6, 6.07) is 15.0. The monoisotopic (exact) mass is 344 g/mol. The van der Waals surface area contributed by atoms with Gasteiger partial charge in [0.1, 0.15) is 17.2 Å². The van der Waals surface area contributed by atoms with E-state index in [4.69, 9.17) is 4.74 Å². The lowest BCUT2D eigenvalue weighted by Gasteiger charge is -2.07. The summed E-state index contributed by atoms with van der Waals surface area (Å²) in [7, 11) is 0. The molecule has 4 rings (SSSR count). The molecular formula is C20H16N4O2. The molecule has 0 aliphatic rings. The normalized spacial score (nSPS) is 10.7. The van der Waals surface area contributed by atoms with Crippen LogP contribution < -0.4 is 10.1 Å². The third kappa shape index (κ3) is 3.39. The second-order valence-corrected chi connectivity index (χ2v) is 5.86. The highest BCUT2D eigenvalue weighted by molar-refractivity contribution is 6.03. The van der Waals surface area contributed by atoms with Gasteiger partial charge >= 0.3 is 0 Å². The number of imidazole rings is 1. The fourth-order valence-electron chi connectivity index (χ4n) is 2.50. The number of carbonyl (C=O) groups excluding carboxylic acids is 1. The summed E-state index contributed by atoms with van der Waals surface area (Å²) < 4.78 is 7.53. The molecule has 1 N–H and O–H groups in total. The Morgan fingerprint density at radius 2 is 1.73 bits per heavy atom. The fraction of sp³-hybridized carbons (Fsp3) is 0.0500. The van der Waals surface area contributed by atoms with Crippen molar-refractivity contribution in [1.82, 2.24) is 14.4 Å². The number of benzene rings is 2. The van der Waals surface area contributed by atoms with Gasteiger partial charge in [0, 0.05) is 24.3 Å². The zero-order valence-electron chi connectivity index (χ0n) is 14.1. The van der Waals surface area contributed by atoms with Crippen molar-refractivity contribution >= 4 is 17.2 Å². The van der Waals surface area contributed by atoms with E-state index in [1.165, 1.54) is 5.56 Å². The first kappa shape index (κ1) is 15.8. The van der Waals surface area contributed by atoms with Crippen molar-refractivity contribution in [3.63, 3.8) is 0 Å². The highest BCUT2D eigenvalue weighted by atomic mass is 16.5. The Labute approximate surface area is 150 Å². The molecule has 0 spiro atoms. The summed E-state index contributed by atoms with van der Waals surface area (Å²) in [5, 5.41) is 2.83. The van der Waals surface area contributed by atoms with Gasteiger partial charge in [-0.25, -0.2) is 4.98 Å². The molecule has 0 aliphatic carbocycles. The highest BCUT2D eigenvalue weighted by Gasteiger charge is 2.11. The van der Waals surface area contributed by atoms with E-state index in [9.17, 15) is 4.79 Å². The molecule has 4 aromatic rings. The summed E-state index contributed by atoms with van der Waals surface area (Å²) in [6.07, 6.45) is 6.66. The van der Waals surface area contributed by atoms with E-state index in [2.05, 4.69) is 15.3 Å². The van der Waals surface area contributed by atoms with Crippen LogP contribution in [0.5, 0.6) is 11.5 Å². The van der Waals surface area contributed by atoms with Crippen molar-refractivity contribution in [3.8, 4) is 11.5 Å². The standard InChI is InChI=1S/C20H16N4O2/c1-14-2-6-16(7-3-14)26-17-8-4-15(5-9-17)22-20(25)18-13-24-11-10-21-12-19(24)23-18/h2-13H,1H3,(H,22,25). The summed E-state index contributed by atoms with van der Waals surface area (Å²) in [6.45, 7) is 2.03. The van der Waals surface area contributed by atoms with Gasteiger partial charge in [-0.15, -0.1) is 0 Å². The number of aromatic nitrogens is 3. The lowest BCUT2D eigenvalue weighted by molar-refractivity contribution is 0.102. The maximum atomic E-state index is 12.4. The molecule has 128 valence electrons. The summed E-state index contributed by atoms with van der Waals surface area (Å²) in [5.41, 5.74) is 2.80. The van der Waals surface area contributed by atoms with Crippen LogP contribution in [-0.2, 0) is 0 Å². The highest BCUT2D eigenvalue weighted by Crippen LogP contribution is 2.23. The average Bonchev–Trinajstić information content (AvgIpc) is 3.10. The van der Waals surface area contributed by atoms with Gasteiger partial charge in [0.15, 0.2) is 5.65 Å². The number of hydrogen-bond acceptors (Lipinski definition) is 4. The van der Waals surface area contributed by atoms with Crippen molar-refractivity contribution in [2.75, 3.05) is 5.32 Å².